The van der Waals surface area contributed by atoms with Crippen molar-refractivity contribution in [1.82, 2.24) is 20.3 Å². The van der Waals surface area contributed by atoms with Crippen molar-refractivity contribution in [3.63, 3.8) is 0 Å². The summed E-state index contributed by atoms with van der Waals surface area (Å²) < 4.78 is 12.6. The summed E-state index contributed by atoms with van der Waals surface area (Å²) in [7, 11) is 3.26. The Bertz CT molecular complexity index is 605. The summed E-state index contributed by atoms with van der Waals surface area (Å²) in [6.07, 6.45) is 4.20. The molecule has 1 aromatic carbocycles. The maximum absolute atomic E-state index is 5.33. The number of piperidine rings is 1. The van der Waals surface area contributed by atoms with Crippen LogP contribution in [0.3, 0.4) is 0 Å². The lowest BCUT2D eigenvalue weighted by molar-refractivity contribution is 0.337. The highest BCUT2D eigenvalue weighted by molar-refractivity contribution is 5.63. The second kappa shape index (κ2) is 6.13. The van der Waals surface area contributed by atoms with Gasteiger partial charge in [-0.2, -0.15) is 0 Å². The van der Waals surface area contributed by atoms with Gasteiger partial charge >= 0.3 is 0 Å². The molecule has 0 saturated carbocycles. The molecule has 1 saturated heterocycles. The monoisotopic (exact) mass is 288 g/mol. The fourth-order valence-corrected chi connectivity index (χ4v) is 2.65. The van der Waals surface area contributed by atoms with Crippen molar-refractivity contribution in [2.45, 2.75) is 18.9 Å². The van der Waals surface area contributed by atoms with Crippen LogP contribution in [0.25, 0.3) is 11.3 Å². The van der Waals surface area contributed by atoms with Crippen LogP contribution < -0.4 is 14.8 Å². The molecule has 1 aliphatic heterocycles. The van der Waals surface area contributed by atoms with Crippen LogP contribution in [0.4, 0.5) is 0 Å². The first-order chi connectivity index (χ1) is 10.3. The van der Waals surface area contributed by atoms with Crippen LogP contribution in [0.5, 0.6) is 11.5 Å². The van der Waals surface area contributed by atoms with Crippen molar-refractivity contribution in [3.05, 3.63) is 24.4 Å². The Hall–Kier alpha value is -2.08. The molecule has 1 fully saturated rings. The third kappa shape index (κ3) is 2.85. The SMILES string of the molecule is COc1ccc(-c2cn(C3CCNCC3)nn2)cc1OC. The number of nitrogens with zero attached hydrogens (tertiary/aromatic N) is 3. The highest BCUT2D eigenvalue weighted by atomic mass is 16.5. The normalized spacial score (nSPS) is 15.9. The van der Waals surface area contributed by atoms with Crippen molar-refractivity contribution < 1.29 is 9.47 Å². The minimum Gasteiger partial charge on any atom is -0.493 e. The molecule has 0 atom stereocenters. The van der Waals surface area contributed by atoms with E-state index >= 15 is 0 Å². The van der Waals surface area contributed by atoms with Gasteiger partial charge in [0.1, 0.15) is 5.69 Å². The largest absolute Gasteiger partial charge is 0.493 e. The van der Waals surface area contributed by atoms with Crippen LogP contribution in [-0.2, 0) is 0 Å². The molecule has 0 radical (unpaired) electrons. The van der Waals surface area contributed by atoms with E-state index in [1.807, 2.05) is 29.1 Å². The van der Waals surface area contributed by atoms with Crippen LogP contribution in [0.1, 0.15) is 18.9 Å². The van der Waals surface area contributed by atoms with Crippen molar-refractivity contribution in [3.8, 4) is 22.8 Å². The second-order valence-corrected chi connectivity index (χ2v) is 5.13. The Morgan fingerprint density at radius 1 is 1.14 bits per heavy atom. The van der Waals surface area contributed by atoms with E-state index in [2.05, 4.69) is 15.6 Å². The zero-order valence-corrected chi connectivity index (χ0v) is 12.4. The molecule has 21 heavy (non-hydrogen) atoms. The zero-order valence-electron chi connectivity index (χ0n) is 12.4. The zero-order chi connectivity index (χ0) is 14.7. The van der Waals surface area contributed by atoms with Gasteiger partial charge in [0.15, 0.2) is 11.5 Å². The number of benzene rings is 1. The van der Waals surface area contributed by atoms with Gasteiger partial charge in [0.05, 0.1) is 26.5 Å². The Labute approximate surface area is 124 Å². The molecule has 3 rings (SSSR count). The van der Waals surface area contributed by atoms with Crippen molar-refractivity contribution in [2.24, 2.45) is 0 Å². The molecule has 6 heteroatoms. The number of hydrogen-bond acceptors (Lipinski definition) is 5. The predicted molar refractivity (Wildman–Crippen MR) is 79.7 cm³/mol. The predicted octanol–water partition coefficient (Wildman–Crippen LogP) is 1.89. The lowest BCUT2D eigenvalue weighted by Gasteiger charge is -2.22. The van der Waals surface area contributed by atoms with Crippen LogP contribution in [-0.4, -0.2) is 42.3 Å². The molecule has 2 aromatic rings. The second-order valence-electron chi connectivity index (χ2n) is 5.13. The van der Waals surface area contributed by atoms with Crippen molar-refractivity contribution in [2.75, 3.05) is 27.3 Å². The molecule has 1 N–H and O–H groups in total. The van der Waals surface area contributed by atoms with E-state index in [-0.39, 0.29) is 0 Å². The summed E-state index contributed by atoms with van der Waals surface area (Å²) in [5.74, 6) is 1.42. The molecule has 0 spiro atoms. The van der Waals surface area contributed by atoms with E-state index in [9.17, 15) is 0 Å². The first-order valence-corrected chi connectivity index (χ1v) is 7.17. The van der Waals surface area contributed by atoms with E-state index in [1.165, 1.54) is 0 Å². The smallest absolute Gasteiger partial charge is 0.161 e. The molecule has 0 bridgehead atoms. The van der Waals surface area contributed by atoms with Gasteiger partial charge in [-0.1, -0.05) is 5.21 Å². The summed E-state index contributed by atoms with van der Waals surface area (Å²) in [5, 5.41) is 11.9. The Kier molecular flexibility index (Phi) is 4.06. The Balaban J connectivity index is 1.85. The van der Waals surface area contributed by atoms with Gasteiger partial charge in [-0.15, -0.1) is 5.10 Å². The highest BCUT2D eigenvalue weighted by Gasteiger charge is 2.17. The van der Waals surface area contributed by atoms with E-state index in [4.69, 9.17) is 9.47 Å². The van der Waals surface area contributed by atoms with Crippen LogP contribution in [0, 0.1) is 0 Å². The first kappa shape index (κ1) is 13.9. The van der Waals surface area contributed by atoms with E-state index in [1.54, 1.807) is 14.2 Å². The van der Waals surface area contributed by atoms with Gasteiger partial charge in [0.2, 0.25) is 0 Å². The molecule has 0 unspecified atom stereocenters. The Morgan fingerprint density at radius 2 is 1.90 bits per heavy atom. The number of nitrogens with one attached hydrogen (secondary N) is 1. The summed E-state index contributed by atoms with van der Waals surface area (Å²) in [6, 6.07) is 6.22. The van der Waals surface area contributed by atoms with Gasteiger partial charge in [0.25, 0.3) is 0 Å². The van der Waals surface area contributed by atoms with E-state index in [0.717, 1.165) is 37.2 Å². The lowest BCUT2D eigenvalue weighted by atomic mass is 10.1. The number of hydrogen-bond donors (Lipinski definition) is 1. The number of methoxy groups -OCH3 is 2. The average Bonchev–Trinajstić information content (AvgIpc) is 3.05. The molecule has 2 heterocycles. The maximum Gasteiger partial charge on any atom is 0.161 e. The lowest BCUT2D eigenvalue weighted by Crippen LogP contribution is -2.29. The topological polar surface area (TPSA) is 61.2 Å². The van der Waals surface area contributed by atoms with Gasteiger partial charge in [-0.3, -0.25) is 0 Å². The number of rotatable bonds is 4. The summed E-state index contributed by atoms with van der Waals surface area (Å²) in [5.41, 5.74) is 1.84. The van der Waals surface area contributed by atoms with E-state index < -0.39 is 0 Å². The standard InChI is InChI=1S/C15H20N4O2/c1-20-14-4-3-11(9-15(14)21-2)13-10-19(18-17-13)12-5-7-16-8-6-12/h3-4,9-10,12,16H,5-8H2,1-2H3. The van der Waals surface area contributed by atoms with Crippen LogP contribution >= 0.6 is 0 Å². The number of aromatic nitrogens is 3. The third-order valence-electron chi connectivity index (χ3n) is 3.87. The third-order valence-corrected chi connectivity index (χ3v) is 3.87. The van der Waals surface area contributed by atoms with Crippen molar-refractivity contribution in [1.29, 1.82) is 0 Å². The van der Waals surface area contributed by atoms with Gasteiger partial charge in [-0.05, 0) is 44.1 Å². The molecule has 6 nitrogen and oxygen atoms in total. The fraction of sp³-hybridized carbons (Fsp3) is 0.467. The minimum atomic E-state index is 0.438. The molecular weight excluding hydrogens is 268 g/mol. The van der Waals surface area contributed by atoms with Gasteiger partial charge in [0, 0.05) is 5.56 Å². The van der Waals surface area contributed by atoms with Crippen LogP contribution in [0.15, 0.2) is 24.4 Å². The minimum absolute atomic E-state index is 0.438. The molecule has 1 aliphatic rings. The van der Waals surface area contributed by atoms with Gasteiger partial charge in [-0.25, -0.2) is 4.68 Å². The van der Waals surface area contributed by atoms with Gasteiger partial charge < -0.3 is 14.8 Å². The highest BCUT2D eigenvalue weighted by Crippen LogP contribution is 2.31. The Morgan fingerprint density at radius 3 is 2.62 bits per heavy atom. The quantitative estimate of drug-likeness (QED) is 0.931. The molecular formula is C15H20N4O2. The summed E-state index contributed by atoms with van der Waals surface area (Å²) in [4.78, 5) is 0. The van der Waals surface area contributed by atoms with Crippen LogP contribution in [0.2, 0.25) is 0 Å². The molecule has 112 valence electrons. The maximum atomic E-state index is 5.33. The van der Waals surface area contributed by atoms with Crippen molar-refractivity contribution >= 4 is 0 Å². The molecule has 1 aromatic heterocycles. The average molecular weight is 288 g/mol. The molecule has 0 amide bonds. The summed E-state index contributed by atoms with van der Waals surface area (Å²) >= 11 is 0. The van der Waals surface area contributed by atoms with E-state index in [0.29, 0.717) is 17.5 Å². The molecule has 0 aliphatic carbocycles. The number of ether oxygens (including phenoxy) is 2. The summed E-state index contributed by atoms with van der Waals surface area (Å²) in [6.45, 7) is 2.08. The first-order valence-electron chi connectivity index (χ1n) is 7.17. The fourth-order valence-electron chi connectivity index (χ4n) is 2.65.